The molecule has 0 saturated heterocycles. The van der Waals surface area contributed by atoms with Gasteiger partial charge in [0.15, 0.2) is 0 Å². The number of unbranched alkanes of at least 4 members (excludes halogenated alkanes) is 1. The maximum Gasteiger partial charge on any atom is 0.0642 e. The fourth-order valence-corrected chi connectivity index (χ4v) is 6.48. The first-order valence-corrected chi connectivity index (χ1v) is 17.4. The van der Waals surface area contributed by atoms with Crippen LogP contribution < -0.4 is 0 Å². The Morgan fingerprint density at radius 2 is 1.02 bits per heavy atom. The molecule has 0 heterocycles. The summed E-state index contributed by atoms with van der Waals surface area (Å²) in [6.45, 7) is 6.65. The highest BCUT2D eigenvalue weighted by Gasteiger charge is 2.16. The van der Waals surface area contributed by atoms with Crippen molar-refractivity contribution in [3.05, 3.63) is 157 Å². The molecule has 0 aliphatic rings. The highest BCUT2D eigenvalue weighted by molar-refractivity contribution is 6.31. The summed E-state index contributed by atoms with van der Waals surface area (Å²) >= 11 is 0. The Hall–Kier alpha value is -5.34. The fraction of sp³-hybridized carbons (Fsp3) is 0.174. The molecule has 0 aliphatic carbocycles. The third-order valence-corrected chi connectivity index (χ3v) is 8.91. The van der Waals surface area contributed by atoms with Gasteiger partial charge in [0.2, 0.25) is 0 Å². The number of aliphatic imine (C=N–C) groups is 2. The lowest BCUT2D eigenvalue weighted by Crippen LogP contribution is -1.99. The van der Waals surface area contributed by atoms with Gasteiger partial charge in [-0.2, -0.15) is 0 Å². The summed E-state index contributed by atoms with van der Waals surface area (Å²) < 4.78 is 0. The third kappa shape index (κ3) is 7.61. The molecule has 6 aromatic rings. The Kier molecular flexibility index (Phi) is 10.8. The second kappa shape index (κ2) is 16.0. The molecule has 0 aliphatic heterocycles. The summed E-state index contributed by atoms with van der Waals surface area (Å²) in [5.74, 6) is 0. The molecule has 0 saturated carbocycles. The van der Waals surface area contributed by atoms with Crippen LogP contribution >= 0.6 is 0 Å². The topological polar surface area (TPSA) is 24.7 Å². The van der Waals surface area contributed by atoms with E-state index in [1.165, 1.54) is 55.6 Å². The minimum atomic E-state index is 0.777. The predicted molar refractivity (Wildman–Crippen MR) is 208 cm³/mol. The molecule has 6 rings (SSSR count). The highest BCUT2D eigenvalue weighted by atomic mass is 14.8. The molecule has 0 spiro atoms. The molecule has 0 radical (unpaired) electrons. The van der Waals surface area contributed by atoms with E-state index >= 15 is 0 Å². The molecule has 0 N–H and O–H groups in total. The number of aryl methyl sites for hydroxylation is 1. The first kappa shape index (κ1) is 32.6. The maximum absolute atomic E-state index is 5.24. The van der Waals surface area contributed by atoms with Crippen LogP contribution in [-0.2, 0) is 12.8 Å². The van der Waals surface area contributed by atoms with Gasteiger partial charge in [0, 0.05) is 6.21 Å². The lowest BCUT2D eigenvalue weighted by atomic mass is 9.88. The van der Waals surface area contributed by atoms with Crippen LogP contribution in [-0.4, -0.2) is 11.9 Å². The lowest BCUT2D eigenvalue weighted by molar-refractivity contribution is 0.796. The average molecular weight is 625 g/mol. The van der Waals surface area contributed by atoms with E-state index in [1.807, 2.05) is 6.21 Å². The Morgan fingerprint density at radius 3 is 1.50 bits per heavy atom. The summed E-state index contributed by atoms with van der Waals surface area (Å²) in [5, 5.41) is 0. The normalized spacial score (nSPS) is 11.7. The molecule has 48 heavy (non-hydrogen) atoms. The van der Waals surface area contributed by atoms with Gasteiger partial charge in [0.25, 0.3) is 0 Å². The molecule has 238 valence electrons. The molecule has 2 nitrogen and oxygen atoms in total. The molecule has 6 aromatic carbocycles. The van der Waals surface area contributed by atoms with E-state index < -0.39 is 0 Å². The molecule has 0 bridgehead atoms. The molecule has 0 aromatic heterocycles. The highest BCUT2D eigenvalue weighted by Crippen LogP contribution is 2.40. The standard InChI is InChI=1S/C46H44N2/c1-4-7-20-38-29-41(32-45(36-25-16-10-17-26-36)46(38)37-27-18-11-19-28-37)48-39(5-2)33-47-40-30-43(34-21-12-8-13-22-34)42(6-3)44(31-40)35-23-14-9-15-24-35/h8-19,21-33H,4-7,20H2,1-3H3. The summed E-state index contributed by atoms with van der Waals surface area (Å²) in [6, 6.07) is 51.9. The van der Waals surface area contributed by atoms with Crippen molar-refractivity contribution >= 4 is 23.3 Å². The van der Waals surface area contributed by atoms with E-state index in [0.717, 1.165) is 49.2 Å². The van der Waals surface area contributed by atoms with E-state index in [-0.39, 0.29) is 0 Å². The van der Waals surface area contributed by atoms with Gasteiger partial charge in [-0.3, -0.25) is 9.98 Å². The summed E-state index contributed by atoms with van der Waals surface area (Å²) in [7, 11) is 0. The number of hydrogen-bond acceptors (Lipinski definition) is 2. The van der Waals surface area contributed by atoms with Gasteiger partial charge in [-0.15, -0.1) is 0 Å². The Balaban J connectivity index is 1.46. The second-order valence-electron chi connectivity index (χ2n) is 12.2. The van der Waals surface area contributed by atoms with Gasteiger partial charge in [-0.1, -0.05) is 149 Å². The van der Waals surface area contributed by atoms with E-state index in [4.69, 9.17) is 9.98 Å². The molecule has 2 heteroatoms. The first-order chi connectivity index (χ1) is 23.7. The number of nitrogens with zero attached hydrogens (tertiary/aromatic N) is 2. The SMILES string of the molecule is CCCCc1cc(N=C(C=Nc2cc(-c3ccccc3)c(CC)c(-c3ccccc3)c2)CC)cc(-c2ccccc2)c1-c1ccccc1. The van der Waals surface area contributed by atoms with E-state index in [0.29, 0.717) is 0 Å². The summed E-state index contributed by atoms with van der Waals surface area (Å²) in [5.41, 5.74) is 15.4. The van der Waals surface area contributed by atoms with Crippen molar-refractivity contribution in [3.63, 3.8) is 0 Å². The lowest BCUT2D eigenvalue weighted by Gasteiger charge is -2.17. The van der Waals surface area contributed by atoms with Gasteiger partial charge in [-0.25, -0.2) is 0 Å². The number of hydrogen-bond donors (Lipinski definition) is 0. The van der Waals surface area contributed by atoms with E-state index in [1.54, 1.807) is 0 Å². The summed E-state index contributed by atoms with van der Waals surface area (Å²) in [6.07, 6.45) is 6.95. The van der Waals surface area contributed by atoms with Gasteiger partial charge in [0.1, 0.15) is 0 Å². The molecule has 0 amide bonds. The van der Waals surface area contributed by atoms with Gasteiger partial charge in [-0.05, 0) is 106 Å². The van der Waals surface area contributed by atoms with Crippen LogP contribution in [0.4, 0.5) is 11.4 Å². The van der Waals surface area contributed by atoms with Gasteiger partial charge >= 0.3 is 0 Å². The fourth-order valence-electron chi connectivity index (χ4n) is 6.48. The zero-order valence-corrected chi connectivity index (χ0v) is 28.4. The quantitative estimate of drug-likeness (QED) is 0.121. The van der Waals surface area contributed by atoms with E-state index in [9.17, 15) is 0 Å². The molecular weight excluding hydrogens is 581 g/mol. The van der Waals surface area contributed by atoms with Crippen molar-refractivity contribution in [1.82, 2.24) is 0 Å². The minimum absolute atomic E-state index is 0.777. The van der Waals surface area contributed by atoms with Crippen LogP contribution in [0.15, 0.2) is 156 Å². The second-order valence-corrected chi connectivity index (χ2v) is 12.2. The van der Waals surface area contributed by atoms with Crippen molar-refractivity contribution < 1.29 is 0 Å². The number of rotatable bonds is 12. The van der Waals surface area contributed by atoms with Crippen LogP contribution in [0.1, 0.15) is 51.2 Å². The zero-order chi connectivity index (χ0) is 33.1. The molecule has 0 unspecified atom stereocenters. The van der Waals surface area contributed by atoms with Crippen LogP contribution in [0, 0.1) is 0 Å². The maximum atomic E-state index is 5.24. The van der Waals surface area contributed by atoms with Gasteiger partial charge < -0.3 is 0 Å². The molecular formula is C46H44N2. The Labute approximate surface area is 286 Å². The third-order valence-electron chi connectivity index (χ3n) is 8.91. The van der Waals surface area contributed by atoms with Crippen LogP contribution in [0.2, 0.25) is 0 Å². The van der Waals surface area contributed by atoms with Crippen LogP contribution in [0.3, 0.4) is 0 Å². The van der Waals surface area contributed by atoms with Crippen molar-refractivity contribution in [2.45, 2.75) is 52.9 Å². The van der Waals surface area contributed by atoms with Crippen molar-refractivity contribution in [1.29, 1.82) is 0 Å². The molecule has 0 atom stereocenters. The van der Waals surface area contributed by atoms with Crippen molar-refractivity contribution in [2.24, 2.45) is 9.98 Å². The number of benzene rings is 6. The largest absolute Gasteiger partial charge is 0.255 e. The van der Waals surface area contributed by atoms with Crippen molar-refractivity contribution in [3.8, 4) is 44.5 Å². The van der Waals surface area contributed by atoms with Crippen LogP contribution in [0.5, 0.6) is 0 Å². The van der Waals surface area contributed by atoms with Crippen LogP contribution in [0.25, 0.3) is 44.5 Å². The predicted octanol–water partition coefficient (Wildman–Crippen LogP) is 13.1. The smallest absolute Gasteiger partial charge is 0.0642 e. The van der Waals surface area contributed by atoms with E-state index in [2.05, 4.69) is 166 Å². The Morgan fingerprint density at radius 1 is 0.542 bits per heavy atom. The molecule has 0 fully saturated rings. The van der Waals surface area contributed by atoms with Gasteiger partial charge in [0.05, 0.1) is 17.1 Å². The minimum Gasteiger partial charge on any atom is -0.255 e. The van der Waals surface area contributed by atoms with Crippen molar-refractivity contribution in [2.75, 3.05) is 0 Å². The monoisotopic (exact) mass is 624 g/mol. The summed E-state index contributed by atoms with van der Waals surface area (Å²) in [4.78, 5) is 10.3. The first-order valence-electron chi connectivity index (χ1n) is 17.4. The average Bonchev–Trinajstić information content (AvgIpc) is 3.16. The Bertz CT molecular complexity index is 1930. The zero-order valence-electron chi connectivity index (χ0n) is 28.4.